The van der Waals surface area contributed by atoms with Crippen molar-refractivity contribution >= 4 is 0 Å². The summed E-state index contributed by atoms with van der Waals surface area (Å²) in [5.41, 5.74) is 0. The van der Waals surface area contributed by atoms with E-state index >= 15 is 0 Å². The summed E-state index contributed by atoms with van der Waals surface area (Å²) in [5, 5.41) is 3.26. The molecule has 0 aliphatic carbocycles. The number of rotatable bonds is 8. The van der Waals surface area contributed by atoms with Gasteiger partial charge < -0.3 is 10.1 Å². The summed E-state index contributed by atoms with van der Waals surface area (Å²) in [6.45, 7) is 3.07. The van der Waals surface area contributed by atoms with E-state index in [-0.39, 0.29) is 6.61 Å². The van der Waals surface area contributed by atoms with Crippen molar-refractivity contribution in [3.8, 4) is 0 Å². The highest BCUT2D eigenvalue weighted by Gasteiger charge is 2.30. The van der Waals surface area contributed by atoms with Crippen molar-refractivity contribution in [1.82, 2.24) is 10.2 Å². The second kappa shape index (κ2) is 8.73. The monoisotopic (exact) mass is 284 g/mol. The van der Waals surface area contributed by atoms with Crippen molar-refractivity contribution in [1.29, 1.82) is 0 Å². The van der Waals surface area contributed by atoms with Crippen molar-refractivity contribution in [2.45, 2.75) is 31.7 Å². The molecule has 114 valence electrons. The van der Waals surface area contributed by atoms with Gasteiger partial charge in [-0.05, 0) is 19.4 Å². The number of methoxy groups -OCH3 is 1. The van der Waals surface area contributed by atoms with Crippen molar-refractivity contribution in [2.75, 3.05) is 46.5 Å². The molecule has 0 bridgehead atoms. The van der Waals surface area contributed by atoms with Crippen LogP contribution in [0.25, 0.3) is 0 Å². The molecular weight excluding hydrogens is 261 g/mol. The molecule has 0 spiro atoms. The van der Waals surface area contributed by atoms with Crippen molar-refractivity contribution in [3.05, 3.63) is 0 Å². The largest absolute Gasteiger partial charge is 0.522 e. The van der Waals surface area contributed by atoms with Crippen LogP contribution in [0, 0.1) is 0 Å². The molecule has 0 saturated carbocycles. The molecule has 1 aliphatic rings. The number of piperidine rings is 1. The summed E-state index contributed by atoms with van der Waals surface area (Å²) in [7, 11) is 1.64. The van der Waals surface area contributed by atoms with E-state index in [4.69, 9.17) is 4.74 Å². The van der Waals surface area contributed by atoms with E-state index in [1.807, 2.05) is 0 Å². The predicted octanol–water partition coefficient (Wildman–Crippen LogP) is 1.61. The van der Waals surface area contributed by atoms with E-state index < -0.39 is 6.36 Å². The van der Waals surface area contributed by atoms with Gasteiger partial charge in [0.1, 0.15) is 0 Å². The fourth-order valence-electron chi connectivity index (χ4n) is 2.31. The molecule has 1 rings (SSSR count). The van der Waals surface area contributed by atoms with Gasteiger partial charge in [-0.3, -0.25) is 9.64 Å². The SMILES string of the molecule is COCCNCC1CCCCN1CCOC(F)(F)F. The minimum atomic E-state index is -4.53. The molecule has 19 heavy (non-hydrogen) atoms. The quantitative estimate of drug-likeness (QED) is 0.687. The average molecular weight is 284 g/mol. The Bertz CT molecular complexity index is 240. The summed E-state index contributed by atoms with van der Waals surface area (Å²) < 4.78 is 44.6. The first-order valence-corrected chi connectivity index (χ1v) is 6.67. The minimum absolute atomic E-state index is 0.294. The highest BCUT2D eigenvalue weighted by molar-refractivity contribution is 4.78. The van der Waals surface area contributed by atoms with Crippen LogP contribution >= 0.6 is 0 Å². The van der Waals surface area contributed by atoms with E-state index in [9.17, 15) is 13.2 Å². The zero-order chi connectivity index (χ0) is 14.1. The normalized spacial score (nSPS) is 21.8. The van der Waals surface area contributed by atoms with Crippen LogP contribution in [0.4, 0.5) is 13.2 Å². The standard InChI is InChI=1S/C12H23F3N2O2/c1-18-8-5-16-10-11-4-2-3-6-17(11)7-9-19-12(13,14)15/h11,16H,2-10H2,1H3. The van der Waals surface area contributed by atoms with Gasteiger partial charge in [-0.1, -0.05) is 6.42 Å². The lowest BCUT2D eigenvalue weighted by Gasteiger charge is -2.35. The van der Waals surface area contributed by atoms with Crippen LogP contribution in [0.15, 0.2) is 0 Å². The number of alkyl halides is 3. The summed E-state index contributed by atoms with van der Waals surface area (Å²) >= 11 is 0. The number of hydrogen-bond acceptors (Lipinski definition) is 4. The Morgan fingerprint density at radius 1 is 1.26 bits per heavy atom. The highest BCUT2D eigenvalue weighted by Crippen LogP contribution is 2.18. The Labute approximate surface area is 112 Å². The van der Waals surface area contributed by atoms with Crippen molar-refractivity contribution < 1.29 is 22.6 Å². The summed E-state index contributed by atoms with van der Waals surface area (Å²) in [6.07, 6.45) is -1.33. The predicted molar refractivity (Wildman–Crippen MR) is 66.0 cm³/mol. The van der Waals surface area contributed by atoms with Crippen LogP contribution in [-0.2, 0) is 9.47 Å². The highest BCUT2D eigenvalue weighted by atomic mass is 19.4. The van der Waals surface area contributed by atoms with Crippen molar-refractivity contribution in [2.24, 2.45) is 0 Å². The zero-order valence-corrected chi connectivity index (χ0v) is 11.3. The van der Waals surface area contributed by atoms with Gasteiger partial charge in [-0.25, -0.2) is 0 Å². The van der Waals surface area contributed by atoms with Crippen LogP contribution in [0.5, 0.6) is 0 Å². The topological polar surface area (TPSA) is 33.7 Å². The molecule has 0 radical (unpaired) electrons. The molecule has 1 fully saturated rings. The lowest BCUT2D eigenvalue weighted by atomic mass is 10.0. The second-order valence-electron chi connectivity index (χ2n) is 4.68. The maximum Gasteiger partial charge on any atom is 0.522 e. The molecule has 0 aromatic rings. The Balaban J connectivity index is 2.23. The van der Waals surface area contributed by atoms with Crippen molar-refractivity contribution in [3.63, 3.8) is 0 Å². The number of nitrogens with zero attached hydrogens (tertiary/aromatic N) is 1. The number of ether oxygens (including phenoxy) is 2. The van der Waals surface area contributed by atoms with E-state index in [1.165, 1.54) is 0 Å². The van der Waals surface area contributed by atoms with Gasteiger partial charge in [0.15, 0.2) is 0 Å². The number of hydrogen-bond donors (Lipinski definition) is 1. The van der Waals surface area contributed by atoms with E-state index in [1.54, 1.807) is 7.11 Å². The lowest BCUT2D eigenvalue weighted by Crippen LogP contribution is -2.47. The summed E-state index contributed by atoms with van der Waals surface area (Å²) in [5.74, 6) is 0. The van der Waals surface area contributed by atoms with Crippen LogP contribution in [-0.4, -0.2) is 63.8 Å². The van der Waals surface area contributed by atoms with Gasteiger partial charge in [-0.2, -0.15) is 0 Å². The van der Waals surface area contributed by atoms with Crippen LogP contribution in [0.3, 0.4) is 0 Å². The fourth-order valence-corrected chi connectivity index (χ4v) is 2.31. The van der Waals surface area contributed by atoms with Gasteiger partial charge in [-0.15, -0.1) is 13.2 Å². The molecule has 0 aromatic carbocycles. The Morgan fingerprint density at radius 3 is 2.74 bits per heavy atom. The van der Waals surface area contributed by atoms with Gasteiger partial charge in [0.25, 0.3) is 0 Å². The molecule has 1 N–H and O–H groups in total. The number of nitrogens with one attached hydrogen (secondary N) is 1. The molecule has 4 nitrogen and oxygen atoms in total. The third kappa shape index (κ3) is 7.71. The fraction of sp³-hybridized carbons (Fsp3) is 1.00. The molecule has 0 amide bonds. The smallest absolute Gasteiger partial charge is 0.383 e. The van der Waals surface area contributed by atoms with Gasteiger partial charge in [0.05, 0.1) is 13.2 Å². The van der Waals surface area contributed by atoms with Gasteiger partial charge >= 0.3 is 6.36 Å². The van der Waals surface area contributed by atoms with Gasteiger partial charge in [0, 0.05) is 32.8 Å². The molecule has 1 atom stereocenters. The molecular formula is C12H23F3N2O2. The molecule has 1 saturated heterocycles. The summed E-state index contributed by atoms with van der Waals surface area (Å²) in [4.78, 5) is 2.08. The maximum atomic E-state index is 11.9. The molecule has 0 aromatic heterocycles. The third-order valence-electron chi connectivity index (χ3n) is 3.26. The van der Waals surface area contributed by atoms with Crippen LogP contribution in [0.2, 0.25) is 0 Å². The summed E-state index contributed by atoms with van der Waals surface area (Å²) in [6, 6.07) is 0.294. The molecule has 7 heteroatoms. The van der Waals surface area contributed by atoms with E-state index in [0.717, 1.165) is 38.9 Å². The Morgan fingerprint density at radius 2 is 2.05 bits per heavy atom. The third-order valence-corrected chi connectivity index (χ3v) is 3.26. The number of likely N-dealkylation sites (tertiary alicyclic amines) is 1. The molecule has 1 heterocycles. The van der Waals surface area contributed by atoms with Gasteiger partial charge in [0.2, 0.25) is 0 Å². The van der Waals surface area contributed by atoms with E-state index in [0.29, 0.717) is 19.2 Å². The lowest BCUT2D eigenvalue weighted by molar-refractivity contribution is -0.325. The minimum Gasteiger partial charge on any atom is -0.383 e. The zero-order valence-electron chi connectivity index (χ0n) is 11.3. The Kier molecular flexibility index (Phi) is 7.67. The molecule has 1 unspecified atom stereocenters. The first kappa shape index (κ1) is 16.7. The molecule has 1 aliphatic heterocycles. The van der Waals surface area contributed by atoms with E-state index in [2.05, 4.69) is 15.0 Å². The Hall–Kier alpha value is -0.370. The van der Waals surface area contributed by atoms with Crippen LogP contribution < -0.4 is 5.32 Å². The number of halogens is 3. The second-order valence-corrected chi connectivity index (χ2v) is 4.68. The average Bonchev–Trinajstić information content (AvgIpc) is 2.35. The first-order valence-electron chi connectivity index (χ1n) is 6.67. The maximum absolute atomic E-state index is 11.9. The first-order chi connectivity index (χ1) is 9.03. The van der Waals surface area contributed by atoms with Crippen LogP contribution in [0.1, 0.15) is 19.3 Å².